The van der Waals surface area contributed by atoms with E-state index in [1.807, 2.05) is 12.2 Å². The summed E-state index contributed by atoms with van der Waals surface area (Å²) in [6.07, 6.45) is 6.91. The number of nitrogens with zero attached hydrogens (tertiary/aromatic N) is 2. The Morgan fingerprint density at radius 2 is 1.78 bits per heavy atom. The van der Waals surface area contributed by atoms with Crippen molar-refractivity contribution in [3.05, 3.63) is 57.7 Å². The van der Waals surface area contributed by atoms with Gasteiger partial charge in [-0.25, -0.2) is 4.79 Å². The van der Waals surface area contributed by atoms with Crippen molar-refractivity contribution in [2.75, 3.05) is 7.11 Å². The van der Waals surface area contributed by atoms with E-state index in [-0.39, 0.29) is 11.9 Å². The molecule has 1 aromatic rings. The number of ether oxygens (including phenoxy) is 1. The van der Waals surface area contributed by atoms with Gasteiger partial charge in [-0.2, -0.15) is 0 Å². The van der Waals surface area contributed by atoms with Crippen LogP contribution in [0.1, 0.15) is 81.3 Å². The van der Waals surface area contributed by atoms with Crippen LogP contribution in [0.15, 0.2) is 34.9 Å². The van der Waals surface area contributed by atoms with Crippen molar-refractivity contribution in [1.82, 2.24) is 9.97 Å². The quantitative estimate of drug-likeness (QED) is 0.815. The van der Waals surface area contributed by atoms with Crippen LogP contribution in [0.25, 0.3) is 0 Å². The van der Waals surface area contributed by atoms with Gasteiger partial charge in [0.2, 0.25) is 0 Å². The second-order valence-corrected chi connectivity index (χ2v) is 7.78. The molecule has 0 aliphatic heterocycles. The number of fused-ring (bicyclic) bond motifs is 1. The molecule has 0 saturated heterocycles. The van der Waals surface area contributed by atoms with Crippen molar-refractivity contribution in [2.24, 2.45) is 0 Å². The van der Waals surface area contributed by atoms with Gasteiger partial charge in [0.1, 0.15) is 6.10 Å². The fourth-order valence-corrected chi connectivity index (χ4v) is 3.71. The van der Waals surface area contributed by atoms with Gasteiger partial charge in [-0.1, -0.05) is 39.8 Å². The topological polar surface area (TPSA) is 72.3 Å². The predicted octanol–water partition coefficient (Wildman–Crippen LogP) is 4.06. The molecular formula is C22H28N2O3. The van der Waals surface area contributed by atoms with Gasteiger partial charge < -0.3 is 9.84 Å². The highest BCUT2D eigenvalue weighted by atomic mass is 16.5. The lowest BCUT2D eigenvalue weighted by molar-refractivity contribution is -0.135. The van der Waals surface area contributed by atoms with Crippen LogP contribution >= 0.6 is 0 Å². The van der Waals surface area contributed by atoms with Crippen LogP contribution in [0.2, 0.25) is 0 Å². The summed E-state index contributed by atoms with van der Waals surface area (Å²) in [5.41, 5.74) is 6.17. The Morgan fingerprint density at radius 1 is 1.11 bits per heavy atom. The van der Waals surface area contributed by atoms with Crippen molar-refractivity contribution >= 4 is 5.97 Å². The molecule has 0 fully saturated rings. The minimum atomic E-state index is -0.743. The van der Waals surface area contributed by atoms with E-state index in [9.17, 15) is 9.90 Å². The van der Waals surface area contributed by atoms with Crippen molar-refractivity contribution in [2.45, 2.75) is 64.9 Å². The third-order valence-corrected chi connectivity index (χ3v) is 5.21. The molecule has 5 nitrogen and oxygen atoms in total. The Labute approximate surface area is 160 Å². The van der Waals surface area contributed by atoms with E-state index in [0.29, 0.717) is 23.6 Å². The van der Waals surface area contributed by atoms with E-state index in [1.54, 1.807) is 6.08 Å². The summed E-state index contributed by atoms with van der Waals surface area (Å²) in [5.74, 6) is 0.226. The van der Waals surface area contributed by atoms with Crippen molar-refractivity contribution in [3.63, 3.8) is 0 Å². The number of hydrogen-bond donors (Lipinski definition) is 1. The highest BCUT2D eigenvalue weighted by molar-refractivity contribution is 5.92. The van der Waals surface area contributed by atoms with E-state index in [1.165, 1.54) is 7.11 Å². The molecular weight excluding hydrogens is 340 g/mol. The summed E-state index contributed by atoms with van der Waals surface area (Å²) < 4.78 is 4.76. The molecule has 5 heteroatoms. The monoisotopic (exact) mass is 368 g/mol. The molecule has 0 amide bonds. The summed E-state index contributed by atoms with van der Waals surface area (Å²) in [5, 5.41) is 11.0. The molecule has 3 rings (SSSR count). The Balaban J connectivity index is 1.96. The molecule has 0 radical (unpaired) electrons. The van der Waals surface area contributed by atoms with Crippen molar-refractivity contribution in [1.29, 1.82) is 0 Å². The molecule has 144 valence electrons. The number of esters is 1. The molecule has 27 heavy (non-hydrogen) atoms. The molecule has 1 atom stereocenters. The van der Waals surface area contributed by atoms with Crippen LogP contribution in [0.3, 0.4) is 0 Å². The first kappa shape index (κ1) is 19.5. The minimum absolute atomic E-state index is 0.255. The van der Waals surface area contributed by atoms with Crippen molar-refractivity contribution < 1.29 is 14.6 Å². The summed E-state index contributed by atoms with van der Waals surface area (Å²) in [7, 11) is 1.38. The number of rotatable bonds is 3. The van der Waals surface area contributed by atoms with Gasteiger partial charge in [0.05, 0.1) is 35.5 Å². The number of carbonyl (C=O) groups excluding carboxylic acids is 1. The molecule has 0 spiro atoms. The zero-order chi connectivity index (χ0) is 19.7. The smallest absolute Gasteiger partial charge is 0.337 e. The Kier molecular flexibility index (Phi) is 5.61. The normalized spacial score (nSPS) is 22.1. The Hall–Kier alpha value is -2.27. The predicted molar refractivity (Wildman–Crippen MR) is 104 cm³/mol. The Bertz CT molecular complexity index is 847. The molecule has 0 saturated carbocycles. The first-order chi connectivity index (χ1) is 12.8. The van der Waals surface area contributed by atoms with Crippen LogP contribution in [-0.4, -0.2) is 28.2 Å². The number of allylic oxidation sites excluding steroid dienone is 3. The summed E-state index contributed by atoms with van der Waals surface area (Å²) in [4.78, 5) is 21.4. The van der Waals surface area contributed by atoms with Crippen molar-refractivity contribution in [3.8, 4) is 0 Å². The van der Waals surface area contributed by atoms with Crippen LogP contribution < -0.4 is 0 Å². The third-order valence-electron chi connectivity index (χ3n) is 5.21. The van der Waals surface area contributed by atoms with Crippen LogP contribution in [-0.2, 0) is 16.0 Å². The number of carbonyl (C=O) groups is 1. The number of aliphatic hydroxyl groups is 1. The summed E-state index contributed by atoms with van der Waals surface area (Å²) >= 11 is 0. The van der Waals surface area contributed by atoms with Gasteiger partial charge >= 0.3 is 5.97 Å². The Morgan fingerprint density at radius 3 is 2.33 bits per heavy atom. The van der Waals surface area contributed by atoms with Crippen LogP contribution in [0, 0.1) is 0 Å². The highest BCUT2D eigenvalue weighted by Gasteiger charge is 2.30. The van der Waals surface area contributed by atoms with Crippen LogP contribution in [0.5, 0.6) is 0 Å². The lowest BCUT2D eigenvalue weighted by Crippen LogP contribution is -2.21. The molecule has 0 aromatic carbocycles. The maximum atomic E-state index is 11.6. The second kappa shape index (κ2) is 7.77. The van der Waals surface area contributed by atoms with E-state index < -0.39 is 6.10 Å². The average molecular weight is 368 g/mol. The maximum Gasteiger partial charge on any atom is 0.337 e. The number of methoxy groups -OCH3 is 1. The average Bonchev–Trinajstić information content (AvgIpc) is 2.67. The maximum absolute atomic E-state index is 11.6. The van der Waals surface area contributed by atoms with Gasteiger partial charge in [0.15, 0.2) is 0 Å². The van der Waals surface area contributed by atoms with E-state index >= 15 is 0 Å². The zero-order valence-corrected chi connectivity index (χ0v) is 16.7. The zero-order valence-electron chi connectivity index (χ0n) is 16.7. The molecule has 2 aliphatic rings. The number of hydrogen-bond acceptors (Lipinski definition) is 5. The molecule has 1 unspecified atom stereocenters. The largest absolute Gasteiger partial charge is 0.465 e. The van der Waals surface area contributed by atoms with E-state index in [0.717, 1.165) is 41.1 Å². The summed E-state index contributed by atoms with van der Waals surface area (Å²) in [6.45, 7) is 8.49. The SMILES string of the molecule is COC(=O)C1=CCC(=C2CCc3nc(C(C)C)c(C(C)C)nc3C2O)C=C1. The highest BCUT2D eigenvalue weighted by Crippen LogP contribution is 2.38. The third kappa shape index (κ3) is 3.74. The fraction of sp³-hybridized carbons (Fsp3) is 0.500. The number of aliphatic hydroxyl groups excluding tert-OH is 1. The van der Waals surface area contributed by atoms with E-state index in [2.05, 4.69) is 27.7 Å². The lowest BCUT2D eigenvalue weighted by atomic mass is 9.85. The molecule has 0 bridgehead atoms. The lowest BCUT2D eigenvalue weighted by Gasteiger charge is -2.28. The molecule has 1 aromatic heterocycles. The second-order valence-electron chi connectivity index (χ2n) is 7.78. The minimum Gasteiger partial charge on any atom is -0.465 e. The van der Waals surface area contributed by atoms with Crippen LogP contribution in [0.4, 0.5) is 0 Å². The first-order valence-corrected chi connectivity index (χ1v) is 9.60. The first-order valence-electron chi connectivity index (χ1n) is 9.60. The summed E-state index contributed by atoms with van der Waals surface area (Å²) in [6, 6.07) is 0. The fourth-order valence-electron chi connectivity index (χ4n) is 3.71. The van der Waals surface area contributed by atoms with Gasteiger partial charge in [0, 0.05) is 0 Å². The number of aromatic nitrogens is 2. The molecule has 1 N–H and O–H groups in total. The molecule has 1 heterocycles. The van der Waals surface area contributed by atoms with Gasteiger partial charge in [-0.05, 0) is 48.3 Å². The van der Waals surface area contributed by atoms with Gasteiger partial charge in [-0.3, -0.25) is 9.97 Å². The molecule has 2 aliphatic carbocycles. The van der Waals surface area contributed by atoms with Gasteiger partial charge in [-0.15, -0.1) is 0 Å². The standard InChI is InChI=1S/C22H28N2O3/c1-12(2)18-19(13(3)4)24-20-17(23-18)11-10-16(21(20)25)14-6-8-15(9-7-14)22(26)27-5/h6,8-9,12-13,21,25H,7,10-11H2,1-5H3. The van der Waals surface area contributed by atoms with Gasteiger partial charge in [0.25, 0.3) is 0 Å². The van der Waals surface area contributed by atoms with E-state index in [4.69, 9.17) is 14.7 Å². The number of aryl methyl sites for hydroxylation is 1.